The number of nitrogens with zero attached hydrogens (tertiary/aromatic N) is 3. The maximum atomic E-state index is 13.5. The zero-order chi connectivity index (χ0) is 23.0. The van der Waals surface area contributed by atoms with Crippen LogP contribution in [0.1, 0.15) is 32.8 Å². The Morgan fingerprint density at radius 3 is 2.53 bits per heavy atom. The number of halogens is 3. The van der Waals surface area contributed by atoms with E-state index in [-0.39, 0.29) is 32.0 Å². The van der Waals surface area contributed by atoms with Gasteiger partial charge in [-0.15, -0.1) is 11.3 Å². The van der Waals surface area contributed by atoms with Crippen LogP contribution in [0.15, 0.2) is 48.7 Å². The highest BCUT2D eigenvalue weighted by molar-refractivity contribution is 7.21. The third kappa shape index (κ3) is 3.82. The van der Waals surface area contributed by atoms with Gasteiger partial charge in [0.15, 0.2) is 0 Å². The van der Waals surface area contributed by atoms with Gasteiger partial charge in [-0.2, -0.15) is 18.3 Å². The molecule has 1 aromatic carbocycles. The summed E-state index contributed by atoms with van der Waals surface area (Å²) in [5, 5.41) is 6.89. The number of aryl methyl sites for hydroxylation is 1. The van der Waals surface area contributed by atoms with Gasteiger partial charge in [0.05, 0.1) is 5.69 Å². The lowest BCUT2D eigenvalue weighted by atomic mass is 10.0. The maximum absolute atomic E-state index is 13.5. The molecule has 32 heavy (non-hydrogen) atoms. The summed E-state index contributed by atoms with van der Waals surface area (Å²) in [6, 6.07) is 10.7. The van der Waals surface area contributed by atoms with E-state index >= 15 is 0 Å². The average Bonchev–Trinajstić information content (AvgIpc) is 3.38. The molecule has 0 saturated heterocycles. The van der Waals surface area contributed by atoms with E-state index in [1.165, 1.54) is 16.9 Å². The molecule has 0 saturated carbocycles. The van der Waals surface area contributed by atoms with Crippen LogP contribution >= 0.6 is 11.3 Å². The Hall–Kier alpha value is -3.73. The second-order valence-electron chi connectivity index (χ2n) is 6.76. The van der Waals surface area contributed by atoms with Crippen LogP contribution in [0.25, 0.3) is 21.3 Å². The van der Waals surface area contributed by atoms with Gasteiger partial charge in [-0.05, 0) is 30.2 Å². The lowest BCUT2D eigenvalue weighted by Gasteiger charge is -2.12. The summed E-state index contributed by atoms with van der Waals surface area (Å²) in [7, 11) is 0. The van der Waals surface area contributed by atoms with E-state index in [1.807, 2.05) is 0 Å². The normalized spacial score (nSPS) is 11.6. The summed E-state index contributed by atoms with van der Waals surface area (Å²) in [6.07, 6.45) is -3.25. The fourth-order valence-corrected chi connectivity index (χ4v) is 4.34. The molecule has 4 rings (SSSR count). The van der Waals surface area contributed by atoms with Crippen LogP contribution in [-0.4, -0.2) is 26.6 Å². The SMILES string of the molecule is CCn1nccc1C(=O)Nc1c(C(N)=O)sc2nc(C(F)(F)F)cc(-c3ccccc3)c12. The highest BCUT2D eigenvalue weighted by Crippen LogP contribution is 2.43. The van der Waals surface area contributed by atoms with Gasteiger partial charge in [0.1, 0.15) is 21.1 Å². The molecule has 0 aliphatic carbocycles. The number of hydrogen-bond acceptors (Lipinski definition) is 5. The molecule has 11 heteroatoms. The molecule has 0 radical (unpaired) electrons. The lowest BCUT2D eigenvalue weighted by Crippen LogP contribution is -2.20. The van der Waals surface area contributed by atoms with Crippen LogP contribution < -0.4 is 11.1 Å². The van der Waals surface area contributed by atoms with Crippen molar-refractivity contribution in [2.24, 2.45) is 5.73 Å². The van der Waals surface area contributed by atoms with Crippen molar-refractivity contribution in [2.45, 2.75) is 19.6 Å². The van der Waals surface area contributed by atoms with Crippen molar-refractivity contribution in [1.82, 2.24) is 14.8 Å². The van der Waals surface area contributed by atoms with Gasteiger partial charge in [-0.3, -0.25) is 14.3 Å². The van der Waals surface area contributed by atoms with Crippen LogP contribution in [-0.2, 0) is 12.7 Å². The maximum Gasteiger partial charge on any atom is 0.433 e. The lowest BCUT2D eigenvalue weighted by molar-refractivity contribution is -0.140. The van der Waals surface area contributed by atoms with Gasteiger partial charge >= 0.3 is 6.18 Å². The van der Waals surface area contributed by atoms with Gasteiger partial charge < -0.3 is 11.1 Å². The molecular weight excluding hydrogens is 443 g/mol. The zero-order valence-electron chi connectivity index (χ0n) is 16.6. The minimum Gasteiger partial charge on any atom is -0.365 e. The van der Waals surface area contributed by atoms with E-state index in [4.69, 9.17) is 5.73 Å². The van der Waals surface area contributed by atoms with Crippen LogP contribution in [0.2, 0.25) is 0 Å². The van der Waals surface area contributed by atoms with Crippen molar-refractivity contribution in [1.29, 1.82) is 0 Å². The number of carbonyl (C=O) groups excluding carboxylic acids is 2. The third-order valence-electron chi connectivity index (χ3n) is 4.75. The van der Waals surface area contributed by atoms with Crippen LogP contribution in [0, 0.1) is 0 Å². The number of pyridine rings is 1. The predicted octanol–water partition coefficient (Wildman–Crippen LogP) is 4.55. The van der Waals surface area contributed by atoms with E-state index < -0.39 is 23.7 Å². The van der Waals surface area contributed by atoms with Crippen molar-refractivity contribution in [2.75, 3.05) is 5.32 Å². The number of alkyl halides is 3. The first-order valence-corrected chi connectivity index (χ1v) is 10.3. The Morgan fingerprint density at radius 2 is 1.91 bits per heavy atom. The van der Waals surface area contributed by atoms with Gasteiger partial charge in [-0.1, -0.05) is 30.3 Å². The fraction of sp³-hybridized carbons (Fsp3) is 0.143. The fourth-order valence-electron chi connectivity index (χ4n) is 3.34. The smallest absolute Gasteiger partial charge is 0.365 e. The van der Waals surface area contributed by atoms with E-state index in [1.54, 1.807) is 37.3 Å². The van der Waals surface area contributed by atoms with E-state index in [2.05, 4.69) is 15.4 Å². The van der Waals surface area contributed by atoms with Crippen molar-refractivity contribution >= 4 is 39.1 Å². The summed E-state index contributed by atoms with van der Waals surface area (Å²) in [4.78, 5) is 28.6. The summed E-state index contributed by atoms with van der Waals surface area (Å²) < 4.78 is 42.0. The highest BCUT2D eigenvalue weighted by atomic mass is 32.1. The van der Waals surface area contributed by atoms with Gasteiger partial charge in [0.25, 0.3) is 11.8 Å². The number of amides is 2. The molecule has 0 fully saturated rings. The first-order valence-electron chi connectivity index (χ1n) is 9.43. The number of primary amides is 1. The van der Waals surface area contributed by atoms with Gasteiger partial charge in [0, 0.05) is 18.1 Å². The molecule has 3 heterocycles. The molecule has 0 unspecified atom stereocenters. The van der Waals surface area contributed by atoms with E-state index in [0.717, 1.165) is 6.07 Å². The first kappa shape index (κ1) is 21.5. The monoisotopic (exact) mass is 459 g/mol. The number of rotatable bonds is 5. The minimum atomic E-state index is -4.70. The Bertz CT molecular complexity index is 1330. The Morgan fingerprint density at radius 1 is 1.19 bits per heavy atom. The zero-order valence-corrected chi connectivity index (χ0v) is 17.4. The molecular formula is C21H16F3N5O2S. The number of fused-ring (bicyclic) bond motifs is 1. The molecule has 7 nitrogen and oxygen atoms in total. The Kier molecular flexibility index (Phi) is 5.43. The van der Waals surface area contributed by atoms with Gasteiger partial charge in [0.2, 0.25) is 0 Å². The topological polar surface area (TPSA) is 103 Å². The molecule has 2 amide bonds. The van der Waals surface area contributed by atoms with E-state index in [9.17, 15) is 22.8 Å². The minimum absolute atomic E-state index is 0.0198. The summed E-state index contributed by atoms with van der Waals surface area (Å²) in [5.41, 5.74) is 5.27. The average molecular weight is 459 g/mol. The molecule has 164 valence electrons. The molecule has 0 bridgehead atoms. The largest absolute Gasteiger partial charge is 0.433 e. The summed E-state index contributed by atoms with van der Waals surface area (Å²) >= 11 is 0.697. The highest BCUT2D eigenvalue weighted by Gasteiger charge is 2.35. The van der Waals surface area contributed by atoms with Crippen LogP contribution in [0.4, 0.5) is 18.9 Å². The standard InChI is InChI=1S/C21H16F3N5O2S/c1-2-29-13(8-9-26-29)19(31)28-16-15-12(11-6-4-3-5-7-11)10-14(21(22,23)24)27-20(15)32-17(16)18(25)30/h3-10H,2H2,1H3,(H2,25,30)(H,28,31). The summed E-state index contributed by atoms with van der Waals surface area (Å²) in [5.74, 6) is -1.47. The quantitative estimate of drug-likeness (QED) is 0.457. The number of carbonyl (C=O) groups is 2. The number of anilines is 1. The number of aromatic nitrogens is 3. The van der Waals surface area contributed by atoms with Crippen LogP contribution in [0.5, 0.6) is 0 Å². The van der Waals surface area contributed by atoms with Crippen molar-refractivity contribution in [3.8, 4) is 11.1 Å². The number of nitrogens with one attached hydrogen (secondary N) is 1. The molecule has 0 atom stereocenters. The second kappa shape index (κ2) is 8.08. The molecule has 4 aromatic rings. The number of benzene rings is 1. The van der Waals surface area contributed by atoms with Crippen molar-refractivity contribution < 1.29 is 22.8 Å². The molecule has 3 N–H and O–H groups in total. The first-order chi connectivity index (χ1) is 15.2. The predicted molar refractivity (Wildman–Crippen MR) is 114 cm³/mol. The summed E-state index contributed by atoms with van der Waals surface area (Å²) in [6.45, 7) is 2.23. The van der Waals surface area contributed by atoms with Crippen molar-refractivity contribution in [3.63, 3.8) is 0 Å². The van der Waals surface area contributed by atoms with Gasteiger partial charge in [-0.25, -0.2) is 4.98 Å². The van der Waals surface area contributed by atoms with Crippen molar-refractivity contribution in [3.05, 3.63) is 64.9 Å². The van der Waals surface area contributed by atoms with E-state index in [0.29, 0.717) is 23.4 Å². The second-order valence-corrected chi connectivity index (χ2v) is 7.75. The molecule has 0 aliphatic heterocycles. The Balaban J connectivity index is 1.98. The molecule has 3 aromatic heterocycles. The number of thiophene rings is 1. The number of nitrogens with two attached hydrogens (primary N) is 1. The number of hydrogen-bond donors (Lipinski definition) is 2. The molecule has 0 aliphatic rings. The Labute approximate surface area is 183 Å². The van der Waals surface area contributed by atoms with Crippen LogP contribution in [0.3, 0.4) is 0 Å². The molecule has 0 spiro atoms. The third-order valence-corrected chi connectivity index (χ3v) is 5.85.